The van der Waals surface area contributed by atoms with Crippen LogP contribution in [-0.4, -0.2) is 14.5 Å². The molecule has 2 heterocycles. The molecule has 0 aliphatic heterocycles. The van der Waals surface area contributed by atoms with Gasteiger partial charge in [0.25, 0.3) is 0 Å². The molecule has 8 aromatic carbocycles. The van der Waals surface area contributed by atoms with Crippen molar-refractivity contribution in [3.8, 4) is 33.4 Å². The van der Waals surface area contributed by atoms with Crippen LogP contribution in [0.5, 0.6) is 0 Å². The van der Waals surface area contributed by atoms with E-state index in [9.17, 15) is 0 Å². The number of nitrogens with zero attached hydrogens (tertiary/aromatic N) is 3. The second-order valence-electron chi connectivity index (χ2n) is 12.3. The SMILES string of the molecule is Cn1cnc2cccc(-c3cccc4c3ccc3cc(-c5ccc(-c6ccc7c(ccc8ccccc87)c6)c6scnc56)ccc34)c21. The molecule has 0 fully saturated rings. The van der Waals surface area contributed by atoms with Crippen molar-refractivity contribution in [2.75, 3.05) is 0 Å². The van der Waals surface area contributed by atoms with E-state index in [2.05, 4.69) is 150 Å². The summed E-state index contributed by atoms with van der Waals surface area (Å²) >= 11 is 1.72. The maximum atomic E-state index is 4.90. The lowest BCUT2D eigenvalue weighted by atomic mass is 9.92. The van der Waals surface area contributed by atoms with Gasteiger partial charge in [-0.3, -0.25) is 0 Å². The van der Waals surface area contributed by atoms with E-state index in [4.69, 9.17) is 4.98 Å². The lowest BCUT2D eigenvalue weighted by Gasteiger charge is -2.13. The van der Waals surface area contributed by atoms with Crippen LogP contribution in [0.3, 0.4) is 0 Å². The molecule has 10 rings (SSSR count). The molecule has 10 aromatic rings. The van der Waals surface area contributed by atoms with Crippen LogP contribution in [0.15, 0.2) is 145 Å². The zero-order valence-corrected chi connectivity index (χ0v) is 26.4. The van der Waals surface area contributed by atoms with Crippen LogP contribution in [0.25, 0.3) is 97.7 Å². The summed E-state index contributed by atoms with van der Waals surface area (Å²) in [4.78, 5) is 9.49. The van der Waals surface area contributed by atoms with Gasteiger partial charge in [-0.15, -0.1) is 11.3 Å². The first-order chi connectivity index (χ1) is 23.2. The van der Waals surface area contributed by atoms with Crippen LogP contribution in [-0.2, 0) is 7.05 Å². The van der Waals surface area contributed by atoms with Gasteiger partial charge < -0.3 is 4.57 Å². The molecule has 0 amide bonds. The molecule has 220 valence electrons. The zero-order chi connectivity index (χ0) is 31.1. The van der Waals surface area contributed by atoms with Gasteiger partial charge in [0.15, 0.2) is 0 Å². The summed E-state index contributed by atoms with van der Waals surface area (Å²) in [5, 5.41) is 10.1. The summed E-state index contributed by atoms with van der Waals surface area (Å²) in [6.07, 6.45) is 1.89. The summed E-state index contributed by atoms with van der Waals surface area (Å²) in [7, 11) is 2.07. The third kappa shape index (κ3) is 3.98. The Morgan fingerprint density at radius 3 is 2.04 bits per heavy atom. The first-order valence-corrected chi connectivity index (χ1v) is 16.7. The first-order valence-electron chi connectivity index (χ1n) is 15.9. The number of aryl methyl sites for hydroxylation is 1. The van der Waals surface area contributed by atoms with Gasteiger partial charge in [0.1, 0.15) is 0 Å². The van der Waals surface area contributed by atoms with Gasteiger partial charge in [0.05, 0.1) is 33.1 Å². The Hall–Kier alpha value is -5.84. The topological polar surface area (TPSA) is 30.7 Å². The minimum atomic E-state index is 1.01. The van der Waals surface area contributed by atoms with Gasteiger partial charge in [0.2, 0.25) is 0 Å². The molecule has 0 saturated heterocycles. The fourth-order valence-corrected chi connectivity index (χ4v) is 8.37. The molecule has 0 saturated carbocycles. The molecule has 47 heavy (non-hydrogen) atoms. The molecule has 0 aliphatic carbocycles. The van der Waals surface area contributed by atoms with Gasteiger partial charge in [-0.1, -0.05) is 115 Å². The Morgan fingerprint density at radius 2 is 1.15 bits per heavy atom. The first kappa shape index (κ1) is 26.4. The van der Waals surface area contributed by atoms with E-state index in [-0.39, 0.29) is 0 Å². The lowest BCUT2D eigenvalue weighted by molar-refractivity contribution is 0.948. The second-order valence-corrected chi connectivity index (χ2v) is 13.2. The number of hydrogen-bond donors (Lipinski definition) is 0. The number of hydrogen-bond acceptors (Lipinski definition) is 3. The minimum Gasteiger partial charge on any atom is -0.333 e. The molecular weight excluding hydrogens is 591 g/mol. The standard InChI is InChI=1S/C43H27N3S/c1-46-24-44-40-11-5-10-39(42(40)46)37-9-4-8-36-33-18-14-29(22-28(33)16-19-38(36)37)34-20-21-35(43-41(34)45-25-47-43)30-15-17-32-27(23-30)13-12-26-6-2-3-7-31(26)32/h2-25H,1H3. The summed E-state index contributed by atoms with van der Waals surface area (Å²) in [6.45, 7) is 0. The van der Waals surface area contributed by atoms with Crippen LogP contribution < -0.4 is 0 Å². The number of benzene rings is 8. The van der Waals surface area contributed by atoms with Crippen molar-refractivity contribution in [2.24, 2.45) is 7.05 Å². The molecule has 0 N–H and O–H groups in total. The highest BCUT2D eigenvalue weighted by molar-refractivity contribution is 7.17. The predicted octanol–water partition coefficient (Wildman–Crippen LogP) is 11.8. The monoisotopic (exact) mass is 617 g/mol. The Bertz CT molecular complexity index is 2880. The van der Waals surface area contributed by atoms with E-state index in [1.54, 1.807) is 11.3 Å². The highest BCUT2D eigenvalue weighted by Crippen LogP contribution is 2.41. The maximum Gasteiger partial charge on any atom is 0.0955 e. The average molecular weight is 618 g/mol. The van der Waals surface area contributed by atoms with Crippen molar-refractivity contribution in [3.63, 3.8) is 0 Å². The summed E-state index contributed by atoms with van der Waals surface area (Å²) in [6, 6.07) is 48.8. The normalized spacial score (nSPS) is 11.9. The second kappa shape index (κ2) is 10.1. The van der Waals surface area contributed by atoms with Crippen molar-refractivity contribution < 1.29 is 0 Å². The van der Waals surface area contributed by atoms with Crippen molar-refractivity contribution in [1.82, 2.24) is 14.5 Å². The number of fused-ring (bicyclic) bond motifs is 8. The molecule has 0 atom stereocenters. The molecular formula is C43H27N3S. The number of aromatic nitrogens is 3. The average Bonchev–Trinajstić information content (AvgIpc) is 3.78. The molecule has 4 heteroatoms. The van der Waals surface area contributed by atoms with Crippen molar-refractivity contribution in [2.45, 2.75) is 0 Å². The Labute approximate surface area is 275 Å². The third-order valence-electron chi connectivity index (χ3n) is 9.76. The molecule has 3 nitrogen and oxygen atoms in total. The van der Waals surface area contributed by atoms with E-state index in [1.807, 2.05) is 11.8 Å². The Kier molecular flexibility index (Phi) is 5.66. The van der Waals surface area contributed by atoms with Crippen LogP contribution in [0.4, 0.5) is 0 Å². The van der Waals surface area contributed by atoms with Crippen LogP contribution in [0.2, 0.25) is 0 Å². The van der Waals surface area contributed by atoms with E-state index in [0.29, 0.717) is 0 Å². The summed E-state index contributed by atoms with van der Waals surface area (Å²) in [5.74, 6) is 0. The smallest absolute Gasteiger partial charge is 0.0955 e. The highest BCUT2D eigenvalue weighted by Gasteiger charge is 2.16. The highest BCUT2D eigenvalue weighted by atomic mass is 32.1. The van der Waals surface area contributed by atoms with Gasteiger partial charge in [-0.25, -0.2) is 9.97 Å². The Balaban J connectivity index is 1.08. The maximum absolute atomic E-state index is 4.90. The molecule has 0 unspecified atom stereocenters. The van der Waals surface area contributed by atoms with Crippen molar-refractivity contribution in [3.05, 3.63) is 145 Å². The Morgan fingerprint density at radius 1 is 0.489 bits per heavy atom. The van der Waals surface area contributed by atoms with Crippen LogP contribution in [0.1, 0.15) is 0 Å². The van der Waals surface area contributed by atoms with Crippen LogP contribution in [0, 0.1) is 0 Å². The molecule has 2 aromatic heterocycles. The minimum absolute atomic E-state index is 1.01. The lowest BCUT2D eigenvalue weighted by Crippen LogP contribution is -1.90. The molecule has 0 radical (unpaired) electrons. The fourth-order valence-electron chi connectivity index (χ4n) is 7.52. The third-order valence-corrected chi connectivity index (χ3v) is 10.6. The van der Waals surface area contributed by atoms with Crippen LogP contribution >= 0.6 is 11.3 Å². The van der Waals surface area contributed by atoms with Gasteiger partial charge >= 0.3 is 0 Å². The molecule has 0 aliphatic rings. The number of para-hydroxylation sites is 1. The molecule has 0 spiro atoms. The van der Waals surface area contributed by atoms with E-state index in [0.717, 1.165) is 22.1 Å². The van der Waals surface area contributed by atoms with Gasteiger partial charge in [-0.05, 0) is 78.0 Å². The quantitative estimate of drug-likeness (QED) is 0.185. The van der Waals surface area contributed by atoms with E-state index >= 15 is 0 Å². The summed E-state index contributed by atoms with van der Waals surface area (Å²) < 4.78 is 3.33. The summed E-state index contributed by atoms with van der Waals surface area (Å²) in [5.41, 5.74) is 12.4. The zero-order valence-electron chi connectivity index (χ0n) is 25.6. The fraction of sp³-hybridized carbons (Fsp3) is 0.0233. The van der Waals surface area contributed by atoms with E-state index in [1.165, 1.54) is 75.6 Å². The number of thiazole rings is 1. The van der Waals surface area contributed by atoms with Crippen molar-refractivity contribution in [1.29, 1.82) is 0 Å². The van der Waals surface area contributed by atoms with Crippen molar-refractivity contribution >= 4 is 75.7 Å². The van der Waals surface area contributed by atoms with Gasteiger partial charge in [0, 0.05) is 23.7 Å². The van der Waals surface area contributed by atoms with E-state index < -0.39 is 0 Å². The number of rotatable bonds is 3. The van der Waals surface area contributed by atoms with Gasteiger partial charge in [-0.2, -0.15) is 0 Å². The largest absolute Gasteiger partial charge is 0.333 e. The number of imidazole rings is 1. The molecule has 0 bridgehead atoms. The predicted molar refractivity (Wildman–Crippen MR) is 200 cm³/mol.